The number of Topliss-reactive ketones (excluding diaryl/α,β-unsaturated/α-hetero) is 1. The molecule has 1 amide bonds. The number of ether oxygens (including phenoxy) is 3. The van der Waals surface area contributed by atoms with Gasteiger partial charge in [0.2, 0.25) is 5.91 Å². The van der Waals surface area contributed by atoms with Crippen molar-refractivity contribution >= 4 is 35.7 Å². The zero-order chi connectivity index (χ0) is 26.7. The predicted molar refractivity (Wildman–Crippen MR) is 131 cm³/mol. The normalized spacial score (nSPS) is 11.7. The lowest BCUT2D eigenvalue weighted by Crippen LogP contribution is -2.48. The molecule has 1 atom stereocenters. The summed E-state index contributed by atoms with van der Waals surface area (Å²) in [7, 11) is 3.67. The molecule has 9 nitrogen and oxygen atoms in total. The summed E-state index contributed by atoms with van der Waals surface area (Å²) >= 11 is 0. The summed E-state index contributed by atoms with van der Waals surface area (Å²) in [6.45, 7) is 0.949. The Kier molecular flexibility index (Phi) is 10.5. The standard InChI is InChI=1S/C27H29NO8/c1-18(29)14-24(30)28(23(27(33)36-4)16-19-8-6-5-7-9-19)17-22(26(32)35-3)15-20-10-12-21(13-11-20)25(31)34-2/h5-13,15,23H,14,16-17H2,1-4H3/b22-15+. The van der Waals surface area contributed by atoms with Crippen LogP contribution in [0.2, 0.25) is 0 Å². The molecule has 0 aliphatic carbocycles. The maximum atomic E-state index is 13.1. The van der Waals surface area contributed by atoms with E-state index in [0.29, 0.717) is 11.1 Å². The maximum Gasteiger partial charge on any atom is 0.337 e. The molecule has 2 rings (SSSR count). The zero-order valence-electron chi connectivity index (χ0n) is 20.7. The molecule has 0 bridgehead atoms. The van der Waals surface area contributed by atoms with Gasteiger partial charge >= 0.3 is 17.9 Å². The number of rotatable bonds is 11. The fourth-order valence-corrected chi connectivity index (χ4v) is 3.50. The molecule has 2 aromatic rings. The molecule has 0 aliphatic rings. The van der Waals surface area contributed by atoms with Crippen LogP contribution in [0.25, 0.3) is 6.08 Å². The van der Waals surface area contributed by atoms with Crippen molar-refractivity contribution in [3.05, 3.63) is 76.9 Å². The van der Waals surface area contributed by atoms with Crippen LogP contribution in [-0.4, -0.2) is 68.4 Å². The van der Waals surface area contributed by atoms with Crippen LogP contribution in [0, 0.1) is 0 Å². The third-order valence-electron chi connectivity index (χ3n) is 5.30. The third kappa shape index (κ3) is 7.90. The lowest BCUT2D eigenvalue weighted by atomic mass is 10.0. The number of nitrogens with zero attached hydrogens (tertiary/aromatic N) is 1. The van der Waals surface area contributed by atoms with Crippen LogP contribution in [0.3, 0.4) is 0 Å². The lowest BCUT2D eigenvalue weighted by Gasteiger charge is -2.30. The monoisotopic (exact) mass is 495 g/mol. The first-order valence-corrected chi connectivity index (χ1v) is 11.1. The smallest absolute Gasteiger partial charge is 0.337 e. The number of carbonyl (C=O) groups excluding carboxylic acids is 5. The summed E-state index contributed by atoms with van der Waals surface area (Å²) in [6.07, 6.45) is 1.14. The molecule has 190 valence electrons. The van der Waals surface area contributed by atoms with Crippen molar-refractivity contribution in [3.63, 3.8) is 0 Å². The molecule has 0 aromatic heterocycles. The Morgan fingerprint density at radius 3 is 2.03 bits per heavy atom. The van der Waals surface area contributed by atoms with Gasteiger partial charge in [0.25, 0.3) is 0 Å². The van der Waals surface area contributed by atoms with Crippen molar-refractivity contribution in [2.75, 3.05) is 27.9 Å². The van der Waals surface area contributed by atoms with Crippen molar-refractivity contribution < 1.29 is 38.2 Å². The van der Waals surface area contributed by atoms with Crippen LogP contribution < -0.4 is 0 Å². The van der Waals surface area contributed by atoms with Crippen molar-refractivity contribution in [1.82, 2.24) is 4.90 Å². The maximum absolute atomic E-state index is 13.1. The molecule has 0 saturated heterocycles. The molecule has 0 saturated carbocycles. The van der Waals surface area contributed by atoms with Crippen LogP contribution in [0.1, 0.15) is 34.8 Å². The van der Waals surface area contributed by atoms with Gasteiger partial charge in [0.1, 0.15) is 11.8 Å². The van der Waals surface area contributed by atoms with Gasteiger partial charge in [0.15, 0.2) is 0 Å². The van der Waals surface area contributed by atoms with Crippen molar-refractivity contribution in [2.45, 2.75) is 25.8 Å². The number of hydrogen-bond acceptors (Lipinski definition) is 8. The van der Waals surface area contributed by atoms with Crippen molar-refractivity contribution in [3.8, 4) is 0 Å². The number of esters is 3. The van der Waals surface area contributed by atoms with Crippen molar-refractivity contribution in [1.29, 1.82) is 0 Å². The molecule has 0 N–H and O–H groups in total. The Hall–Kier alpha value is -4.27. The van der Waals surface area contributed by atoms with E-state index in [0.717, 1.165) is 10.5 Å². The number of carbonyl (C=O) groups is 5. The number of benzene rings is 2. The summed E-state index contributed by atoms with van der Waals surface area (Å²) in [5.41, 5.74) is 1.68. The first-order chi connectivity index (χ1) is 17.2. The molecule has 0 spiro atoms. The van der Waals surface area contributed by atoms with Gasteiger partial charge in [-0.1, -0.05) is 42.5 Å². The van der Waals surface area contributed by atoms with Crippen LogP contribution in [0.4, 0.5) is 0 Å². The molecule has 36 heavy (non-hydrogen) atoms. The highest BCUT2D eigenvalue weighted by atomic mass is 16.5. The summed E-state index contributed by atoms with van der Waals surface area (Å²) in [6, 6.07) is 14.1. The average molecular weight is 496 g/mol. The molecular formula is C27H29NO8. The van der Waals surface area contributed by atoms with Gasteiger partial charge in [-0.3, -0.25) is 9.59 Å². The highest BCUT2D eigenvalue weighted by Crippen LogP contribution is 2.18. The van der Waals surface area contributed by atoms with Gasteiger partial charge in [-0.05, 0) is 36.3 Å². The molecule has 9 heteroatoms. The minimum absolute atomic E-state index is 0.0576. The molecule has 0 aliphatic heterocycles. The number of hydrogen-bond donors (Lipinski definition) is 0. The predicted octanol–water partition coefficient (Wildman–Crippen LogP) is 2.62. The Bertz CT molecular complexity index is 1120. The minimum Gasteiger partial charge on any atom is -0.467 e. The van der Waals surface area contributed by atoms with Crippen LogP contribution >= 0.6 is 0 Å². The van der Waals surface area contributed by atoms with Gasteiger partial charge in [-0.15, -0.1) is 0 Å². The van der Waals surface area contributed by atoms with E-state index in [-0.39, 0.29) is 18.5 Å². The molecule has 1 unspecified atom stereocenters. The summed E-state index contributed by atoms with van der Waals surface area (Å²) in [5, 5.41) is 0. The fourth-order valence-electron chi connectivity index (χ4n) is 3.50. The molecule has 2 aromatic carbocycles. The SMILES string of the molecule is COC(=O)/C(=C/c1ccc(C(=O)OC)cc1)CN(C(=O)CC(C)=O)C(Cc1ccccc1)C(=O)OC. The Labute approximate surface area is 209 Å². The van der Waals surface area contributed by atoms with Gasteiger partial charge in [-0.2, -0.15) is 0 Å². The molecular weight excluding hydrogens is 466 g/mol. The van der Waals surface area contributed by atoms with E-state index >= 15 is 0 Å². The van der Waals surface area contributed by atoms with E-state index in [1.54, 1.807) is 36.4 Å². The Morgan fingerprint density at radius 2 is 1.50 bits per heavy atom. The average Bonchev–Trinajstić information content (AvgIpc) is 2.89. The van der Waals surface area contributed by atoms with Gasteiger partial charge in [0.05, 0.1) is 45.4 Å². The second-order valence-electron chi connectivity index (χ2n) is 7.90. The number of amides is 1. The topological polar surface area (TPSA) is 116 Å². The van der Waals surface area contributed by atoms with E-state index in [9.17, 15) is 24.0 Å². The summed E-state index contributed by atoms with van der Waals surface area (Å²) in [4.78, 5) is 63.2. The van der Waals surface area contributed by atoms with E-state index in [1.807, 2.05) is 6.07 Å². The van der Waals surface area contributed by atoms with Crippen LogP contribution in [-0.2, 0) is 39.8 Å². The van der Waals surface area contributed by atoms with E-state index in [2.05, 4.69) is 4.74 Å². The Morgan fingerprint density at radius 1 is 0.861 bits per heavy atom. The lowest BCUT2D eigenvalue weighted by molar-refractivity contribution is -0.153. The quantitative estimate of drug-likeness (QED) is 0.202. The highest BCUT2D eigenvalue weighted by molar-refractivity contribution is 6.00. The zero-order valence-corrected chi connectivity index (χ0v) is 20.7. The minimum atomic E-state index is -1.10. The second kappa shape index (κ2) is 13.6. The van der Waals surface area contributed by atoms with E-state index in [1.165, 1.54) is 46.5 Å². The van der Waals surface area contributed by atoms with Crippen molar-refractivity contribution in [2.24, 2.45) is 0 Å². The van der Waals surface area contributed by atoms with Crippen LogP contribution in [0.5, 0.6) is 0 Å². The Balaban J connectivity index is 2.50. The molecule has 0 radical (unpaired) electrons. The largest absolute Gasteiger partial charge is 0.467 e. The van der Waals surface area contributed by atoms with Gasteiger partial charge in [-0.25, -0.2) is 14.4 Å². The first-order valence-electron chi connectivity index (χ1n) is 11.1. The summed E-state index contributed by atoms with van der Waals surface area (Å²) < 4.78 is 14.6. The third-order valence-corrected chi connectivity index (χ3v) is 5.30. The first kappa shape index (κ1) is 28.0. The number of ketones is 1. The number of methoxy groups -OCH3 is 3. The molecule has 0 fully saturated rings. The van der Waals surface area contributed by atoms with Gasteiger partial charge in [0, 0.05) is 6.42 Å². The fraction of sp³-hybridized carbons (Fsp3) is 0.296. The van der Waals surface area contributed by atoms with Gasteiger partial charge < -0.3 is 19.1 Å². The van der Waals surface area contributed by atoms with Crippen LogP contribution in [0.15, 0.2) is 60.2 Å². The van der Waals surface area contributed by atoms with E-state index < -0.39 is 42.1 Å². The summed E-state index contributed by atoms with van der Waals surface area (Å²) in [5.74, 6) is -2.96. The highest BCUT2D eigenvalue weighted by Gasteiger charge is 2.33. The van der Waals surface area contributed by atoms with E-state index in [4.69, 9.17) is 9.47 Å². The second-order valence-corrected chi connectivity index (χ2v) is 7.90. The molecule has 0 heterocycles.